The molecule has 0 aromatic carbocycles. The van der Waals surface area contributed by atoms with Crippen molar-refractivity contribution in [1.82, 2.24) is 5.32 Å². The zero-order valence-electron chi connectivity index (χ0n) is 10.8. The summed E-state index contributed by atoms with van der Waals surface area (Å²) in [6, 6.07) is 0.442. The zero-order chi connectivity index (χ0) is 11.7. The van der Waals surface area contributed by atoms with E-state index in [0.717, 1.165) is 18.8 Å². The summed E-state index contributed by atoms with van der Waals surface area (Å²) in [5.41, 5.74) is 0. The molecular formula is C14H25NO. The van der Waals surface area contributed by atoms with Gasteiger partial charge in [0.05, 0.1) is 0 Å². The first-order valence-electron chi connectivity index (χ1n) is 6.88. The third-order valence-corrected chi connectivity index (χ3v) is 4.30. The van der Waals surface area contributed by atoms with Crippen molar-refractivity contribution in [1.29, 1.82) is 0 Å². The Labute approximate surface area is 99.2 Å². The molecule has 0 heterocycles. The van der Waals surface area contributed by atoms with Crippen LogP contribution in [0.5, 0.6) is 0 Å². The van der Waals surface area contributed by atoms with Gasteiger partial charge in [0.1, 0.15) is 0 Å². The van der Waals surface area contributed by atoms with Crippen LogP contribution in [0.3, 0.4) is 0 Å². The van der Waals surface area contributed by atoms with Gasteiger partial charge in [0.25, 0.3) is 0 Å². The normalized spacial score (nSPS) is 35.1. The summed E-state index contributed by atoms with van der Waals surface area (Å²) in [5.74, 6) is 2.84. The molecule has 2 aliphatic carbocycles. The van der Waals surface area contributed by atoms with Gasteiger partial charge in [-0.1, -0.05) is 27.2 Å². The minimum Gasteiger partial charge on any atom is -0.353 e. The summed E-state index contributed by atoms with van der Waals surface area (Å²) in [5, 5.41) is 3.30. The van der Waals surface area contributed by atoms with Crippen molar-refractivity contribution >= 4 is 5.91 Å². The predicted octanol–water partition coefficient (Wildman–Crippen LogP) is 2.97. The summed E-state index contributed by atoms with van der Waals surface area (Å²) >= 11 is 0. The van der Waals surface area contributed by atoms with Gasteiger partial charge in [-0.2, -0.15) is 0 Å². The molecule has 0 aliphatic heterocycles. The Morgan fingerprint density at radius 1 is 1.19 bits per heavy atom. The monoisotopic (exact) mass is 223 g/mol. The molecule has 2 rings (SSSR count). The molecular weight excluding hydrogens is 198 g/mol. The Morgan fingerprint density at radius 3 is 2.44 bits per heavy atom. The molecule has 1 N–H and O–H groups in total. The molecule has 3 atom stereocenters. The Morgan fingerprint density at radius 2 is 1.88 bits per heavy atom. The summed E-state index contributed by atoms with van der Waals surface area (Å²) in [6.07, 6.45) is 6.02. The maximum Gasteiger partial charge on any atom is 0.223 e. The van der Waals surface area contributed by atoms with E-state index in [1.165, 1.54) is 19.3 Å². The molecule has 2 aliphatic rings. The van der Waals surface area contributed by atoms with E-state index in [1.54, 1.807) is 0 Å². The van der Waals surface area contributed by atoms with E-state index in [1.807, 2.05) is 0 Å². The smallest absolute Gasteiger partial charge is 0.223 e. The highest BCUT2D eigenvalue weighted by molar-refractivity contribution is 5.81. The maximum atomic E-state index is 11.8. The van der Waals surface area contributed by atoms with Crippen molar-refractivity contribution in [2.75, 3.05) is 0 Å². The lowest BCUT2D eigenvalue weighted by Crippen LogP contribution is -2.46. The number of hydrogen-bond acceptors (Lipinski definition) is 1. The Kier molecular flexibility index (Phi) is 3.56. The largest absolute Gasteiger partial charge is 0.353 e. The quantitative estimate of drug-likeness (QED) is 0.783. The van der Waals surface area contributed by atoms with Crippen molar-refractivity contribution < 1.29 is 4.79 Å². The minimum absolute atomic E-state index is 0.324. The average molecular weight is 223 g/mol. The maximum absolute atomic E-state index is 11.8. The van der Waals surface area contributed by atoms with Crippen molar-refractivity contribution in [3.63, 3.8) is 0 Å². The first-order chi connectivity index (χ1) is 7.58. The van der Waals surface area contributed by atoms with Crippen LogP contribution in [-0.4, -0.2) is 11.9 Å². The van der Waals surface area contributed by atoms with Crippen molar-refractivity contribution in [2.45, 2.75) is 58.9 Å². The number of hydrogen-bond donors (Lipinski definition) is 1. The van der Waals surface area contributed by atoms with Crippen molar-refractivity contribution in [3.8, 4) is 0 Å². The molecule has 2 nitrogen and oxygen atoms in total. The highest BCUT2D eigenvalue weighted by Crippen LogP contribution is 2.35. The number of carbonyl (C=O) groups is 1. The van der Waals surface area contributed by atoms with E-state index in [4.69, 9.17) is 0 Å². The van der Waals surface area contributed by atoms with Crippen LogP contribution in [0, 0.1) is 23.7 Å². The van der Waals surface area contributed by atoms with Gasteiger partial charge >= 0.3 is 0 Å². The molecule has 0 spiro atoms. The molecule has 16 heavy (non-hydrogen) atoms. The van der Waals surface area contributed by atoms with E-state index in [0.29, 0.717) is 29.7 Å². The predicted molar refractivity (Wildman–Crippen MR) is 66.0 cm³/mol. The second kappa shape index (κ2) is 4.77. The van der Waals surface area contributed by atoms with Crippen LogP contribution in [-0.2, 0) is 4.79 Å². The lowest BCUT2D eigenvalue weighted by molar-refractivity contribution is -0.123. The lowest BCUT2D eigenvalue weighted by atomic mass is 9.74. The molecule has 0 saturated heterocycles. The van der Waals surface area contributed by atoms with Crippen molar-refractivity contribution in [3.05, 3.63) is 0 Å². The second-order valence-corrected chi connectivity index (χ2v) is 6.22. The third kappa shape index (κ3) is 2.78. The highest BCUT2D eigenvalue weighted by Gasteiger charge is 2.35. The van der Waals surface area contributed by atoms with Gasteiger partial charge in [0.2, 0.25) is 5.91 Å². The SMILES string of the molecule is CC(C)[C@@H]1CC[C@@H](C)C[C@@H]1NC(=O)C1CC1. The van der Waals surface area contributed by atoms with E-state index in [9.17, 15) is 4.79 Å². The fourth-order valence-electron chi connectivity index (χ4n) is 3.01. The molecule has 1 amide bonds. The van der Waals surface area contributed by atoms with Gasteiger partial charge in [-0.3, -0.25) is 4.79 Å². The second-order valence-electron chi connectivity index (χ2n) is 6.22. The van der Waals surface area contributed by atoms with Gasteiger partial charge in [-0.05, 0) is 43.4 Å². The fraction of sp³-hybridized carbons (Fsp3) is 0.929. The van der Waals surface area contributed by atoms with Crippen LogP contribution < -0.4 is 5.32 Å². The first-order valence-corrected chi connectivity index (χ1v) is 6.88. The molecule has 2 saturated carbocycles. The lowest BCUT2D eigenvalue weighted by Gasteiger charge is -2.37. The molecule has 2 heteroatoms. The number of amides is 1. The highest BCUT2D eigenvalue weighted by atomic mass is 16.2. The van der Waals surface area contributed by atoms with Gasteiger partial charge in [0.15, 0.2) is 0 Å². The molecule has 0 unspecified atom stereocenters. The zero-order valence-corrected chi connectivity index (χ0v) is 10.8. The van der Waals surface area contributed by atoms with Gasteiger partial charge in [-0.15, -0.1) is 0 Å². The van der Waals surface area contributed by atoms with Crippen LogP contribution in [0.15, 0.2) is 0 Å². The standard InChI is InChI=1S/C14H25NO/c1-9(2)12-7-4-10(3)8-13(12)15-14(16)11-5-6-11/h9-13H,4-8H2,1-3H3,(H,15,16)/t10-,12+,13+/m1/s1. The summed E-state index contributed by atoms with van der Waals surface area (Å²) in [7, 11) is 0. The Hall–Kier alpha value is -0.530. The van der Waals surface area contributed by atoms with Crippen LogP contribution in [0.2, 0.25) is 0 Å². The molecule has 0 bridgehead atoms. The Balaban J connectivity index is 1.93. The minimum atomic E-state index is 0.324. The van der Waals surface area contributed by atoms with Crippen LogP contribution >= 0.6 is 0 Å². The van der Waals surface area contributed by atoms with E-state index >= 15 is 0 Å². The first kappa shape index (κ1) is 11.9. The van der Waals surface area contributed by atoms with Gasteiger partial charge in [0, 0.05) is 12.0 Å². The molecule has 92 valence electrons. The topological polar surface area (TPSA) is 29.1 Å². The summed E-state index contributed by atoms with van der Waals surface area (Å²) < 4.78 is 0. The number of rotatable bonds is 3. The molecule has 0 aromatic rings. The van der Waals surface area contributed by atoms with Crippen molar-refractivity contribution in [2.24, 2.45) is 23.7 Å². The molecule has 2 fully saturated rings. The van der Waals surface area contributed by atoms with Crippen LogP contribution in [0.1, 0.15) is 52.9 Å². The van der Waals surface area contributed by atoms with Crippen LogP contribution in [0.4, 0.5) is 0 Å². The number of nitrogens with one attached hydrogen (secondary N) is 1. The third-order valence-electron chi connectivity index (χ3n) is 4.30. The average Bonchev–Trinajstić information content (AvgIpc) is 2.99. The fourth-order valence-corrected chi connectivity index (χ4v) is 3.01. The molecule has 0 radical (unpaired) electrons. The Bertz CT molecular complexity index is 257. The van der Waals surface area contributed by atoms with E-state index in [-0.39, 0.29) is 0 Å². The van der Waals surface area contributed by atoms with E-state index in [2.05, 4.69) is 26.1 Å². The molecule has 0 aromatic heterocycles. The van der Waals surface area contributed by atoms with Crippen LogP contribution in [0.25, 0.3) is 0 Å². The van der Waals surface area contributed by atoms with Gasteiger partial charge < -0.3 is 5.32 Å². The number of carbonyl (C=O) groups excluding carboxylic acids is 1. The van der Waals surface area contributed by atoms with E-state index < -0.39 is 0 Å². The summed E-state index contributed by atoms with van der Waals surface area (Å²) in [6.45, 7) is 6.89. The summed E-state index contributed by atoms with van der Waals surface area (Å²) in [4.78, 5) is 11.8. The van der Waals surface area contributed by atoms with Gasteiger partial charge in [-0.25, -0.2) is 0 Å².